The van der Waals surface area contributed by atoms with Crippen LogP contribution in [0.25, 0.3) is 0 Å². The number of hydrogen-bond donors (Lipinski definition) is 9. The fourth-order valence-corrected chi connectivity index (χ4v) is 10.8. The molecule has 0 aromatic heterocycles. The highest BCUT2D eigenvalue weighted by Gasteiger charge is 2.56. The zero-order valence-electron chi connectivity index (χ0n) is 39.0. The van der Waals surface area contributed by atoms with Crippen LogP contribution in [-0.2, 0) is 52.9 Å². The Morgan fingerprint density at radius 3 is 2.28 bits per heavy atom. The Labute approximate surface area is 404 Å². The van der Waals surface area contributed by atoms with Crippen molar-refractivity contribution in [3.8, 4) is 5.75 Å². The average Bonchev–Trinajstić information content (AvgIpc) is 3.66. The number of ether oxygens (including phenoxy) is 2. The summed E-state index contributed by atoms with van der Waals surface area (Å²) in [5, 5.41) is 21.3. The summed E-state index contributed by atoms with van der Waals surface area (Å²) in [4.78, 5) is 77.8. The van der Waals surface area contributed by atoms with Crippen LogP contribution in [0.3, 0.4) is 0 Å². The molecule has 0 aliphatic heterocycles. The number of primary amides is 1. The lowest BCUT2D eigenvalue weighted by Gasteiger charge is -2.50. The van der Waals surface area contributed by atoms with E-state index in [9.17, 15) is 33.9 Å². The smallest absolute Gasteiger partial charge is 0.508 e. The van der Waals surface area contributed by atoms with E-state index in [0.717, 1.165) is 44.1 Å². The first-order valence-corrected chi connectivity index (χ1v) is 24.6. The number of aromatic hydroxyl groups is 1. The van der Waals surface area contributed by atoms with Crippen LogP contribution >= 0.6 is 12.8 Å². The number of fused-ring (bicyclic) bond motifs is 5. The van der Waals surface area contributed by atoms with Crippen LogP contribution in [0.15, 0.2) is 72.8 Å². The number of hydrogen-bond acceptors (Lipinski definition) is 12. The van der Waals surface area contributed by atoms with Crippen molar-refractivity contribution in [1.82, 2.24) is 20.7 Å². The molecule has 2 saturated carbocycles. The lowest BCUT2D eigenvalue weighted by molar-refractivity contribution is -0.131. The largest absolute Gasteiger partial charge is 0.508 e. The summed E-state index contributed by atoms with van der Waals surface area (Å²) in [7, 11) is 0. The molecule has 0 saturated heterocycles. The molecule has 0 spiro atoms. The van der Waals surface area contributed by atoms with Crippen molar-refractivity contribution in [2.45, 2.75) is 140 Å². The van der Waals surface area contributed by atoms with Crippen LogP contribution in [0.4, 0.5) is 10.5 Å². The minimum absolute atomic E-state index is 0.0136. The Morgan fingerprint density at radius 1 is 0.809 bits per heavy atom. The average molecular weight is 956 g/mol. The van der Waals surface area contributed by atoms with Gasteiger partial charge in [0.15, 0.2) is 0 Å². The van der Waals surface area contributed by atoms with Crippen LogP contribution in [0.5, 0.6) is 5.75 Å². The summed E-state index contributed by atoms with van der Waals surface area (Å²) >= 11 is 3.91. The van der Waals surface area contributed by atoms with Crippen LogP contribution in [-0.4, -0.2) is 78.1 Å². The predicted molar refractivity (Wildman–Crippen MR) is 261 cm³/mol. The molecule has 7 unspecified atom stereocenters. The van der Waals surface area contributed by atoms with E-state index in [0.29, 0.717) is 86.4 Å². The van der Waals surface area contributed by atoms with E-state index in [1.807, 2.05) is 36.4 Å². The van der Waals surface area contributed by atoms with E-state index in [4.69, 9.17) is 20.9 Å². The molecule has 5 amide bonds. The second kappa shape index (κ2) is 25.1. The zero-order chi connectivity index (χ0) is 48.6. The number of phenolic OH excluding ortho intramolecular Hbond substituents is 1. The maximum absolute atomic E-state index is 13.9. The number of amides is 5. The number of phenols is 1. The molecule has 3 aliphatic rings. The number of anilines is 1. The second-order valence-electron chi connectivity index (χ2n) is 18.8. The fourth-order valence-electron chi connectivity index (χ4n) is 10.6. The van der Waals surface area contributed by atoms with Gasteiger partial charge in [-0.25, -0.2) is 4.79 Å². The number of carbonyl (C=O) groups excluding carboxylic acids is 6. The molecule has 3 aromatic rings. The highest BCUT2D eigenvalue weighted by molar-refractivity contribution is 7.78. The summed E-state index contributed by atoms with van der Waals surface area (Å²) in [6, 6.07) is 19.3. The van der Waals surface area contributed by atoms with Gasteiger partial charge in [-0.2, -0.15) is 0 Å². The molecule has 68 heavy (non-hydrogen) atoms. The first-order chi connectivity index (χ1) is 32.8. The van der Waals surface area contributed by atoms with Crippen molar-refractivity contribution >= 4 is 54.2 Å². The third-order valence-corrected chi connectivity index (χ3v) is 14.6. The molecule has 368 valence electrons. The van der Waals surface area contributed by atoms with E-state index in [1.165, 1.54) is 11.1 Å². The molecular formula is C51H69N7O9S. The standard InChI is InChI=1S/C51H69N7O9S/c1-51-26-25-38-37-20-18-36(59)30-34(37)15-19-39(38)40(51)21-22-44(51)67-50(65)66-31-33-13-16-35(17-14-33)55-48(63)42(12-5-7-27-52)57-49(64)43(29-32-9-3-2-4-10-32)56-46(61)24-23-45(60)54-28-8-6-11-41(58-68)47(53)62/h2-4,9-10,13-14,16-18,20,30,38-44,58-59,68H,5-8,11-12,15,19,21-29,31,52H2,1H3,(H2,53,62)(H,54,60)(H,55,63)(H,56,61)(H,57,64)/t38?,39?,40?,41-,42?,43?,44?,51?/m0/s1. The van der Waals surface area contributed by atoms with Gasteiger partial charge in [0.25, 0.3) is 0 Å². The number of unbranched alkanes of at least 4 members (excludes halogenated alkanes) is 2. The summed E-state index contributed by atoms with van der Waals surface area (Å²) in [6.45, 7) is 3.01. The molecule has 8 atom stereocenters. The van der Waals surface area contributed by atoms with Gasteiger partial charge in [0.05, 0.1) is 6.04 Å². The Balaban J connectivity index is 0.978. The van der Waals surface area contributed by atoms with Crippen LogP contribution < -0.4 is 37.5 Å². The van der Waals surface area contributed by atoms with E-state index >= 15 is 0 Å². The molecule has 3 aliphatic carbocycles. The maximum atomic E-state index is 13.9. The quantitative estimate of drug-likeness (QED) is 0.0303. The number of aryl methyl sites for hydroxylation is 1. The molecule has 2 fully saturated rings. The predicted octanol–water partition coefficient (Wildman–Crippen LogP) is 5.61. The van der Waals surface area contributed by atoms with Gasteiger partial charge < -0.3 is 47.3 Å². The number of carbonyl (C=O) groups is 6. The number of rotatable bonds is 24. The summed E-state index contributed by atoms with van der Waals surface area (Å²) < 4.78 is 14.2. The molecule has 6 rings (SSSR count). The van der Waals surface area contributed by atoms with E-state index in [2.05, 4.69) is 51.8 Å². The topological polar surface area (TPSA) is 253 Å². The first kappa shape index (κ1) is 51.7. The zero-order valence-corrected chi connectivity index (χ0v) is 39.9. The minimum atomic E-state index is -1.04. The summed E-state index contributed by atoms with van der Waals surface area (Å²) in [5.41, 5.74) is 15.5. The monoisotopic (exact) mass is 955 g/mol. The Hall–Kier alpha value is -5.65. The van der Waals surface area contributed by atoms with Crippen LogP contribution in [0, 0.1) is 17.3 Å². The maximum Gasteiger partial charge on any atom is 0.508 e. The fraction of sp³-hybridized carbons (Fsp3) is 0.529. The van der Waals surface area contributed by atoms with Crippen molar-refractivity contribution in [2.75, 3.05) is 18.4 Å². The summed E-state index contributed by atoms with van der Waals surface area (Å²) in [5.74, 6) is -0.602. The molecule has 17 heteroatoms. The van der Waals surface area contributed by atoms with Crippen molar-refractivity contribution in [1.29, 1.82) is 0 Å². The molecule has 3 aromatic carbocycles. The second-order valence-corrected chi connectivity index (χ2v) is 19.1. The lowest BCUT2D eigenvalue weighted by Crippen LogP contribution is -2.53. The minimum Gasteiger partial charge on any atom is -0.508 e. The molecule has 10 N–H and O–H groups in total. The van der Waals surface area contributed by atoms with Crippen molar-refractivity contribution in [3.05, 3.63) is 95.1 Å². The lowest BCUT2D eigenvalue weighted by atomic mass is 9.55. The molecule has 0 heterocycles. The molecule has 16 nitrogen and oxygen atoms in total. The van der Waals surface area contributed by atoms with Gasteiger partial charge in [-0.3, -0.25) is 28.7 Å². The van der Waals surface area contributed by atoms with Gasteiger partial charge in [0.2, 0.25) is 29.5 Å². The summed E-state index contributed by atoms with van der Waals surface area (Å²) in [6.07, 6.45) is 7.94. The van der Waals surface area contributed by atoms with Gasteiger partial charge in [0.1, 0.15) is 30.5 Å². The van der Waals surface area contributed by atoms with Crippen LogP contribution in [0.2, 0.25) is 0 Å². The number of thiol groups is 1. The van der Waals surface area contributed by atoms with Crippen LogP contribution in [0.1, 0.15) is 119 Å². The number of benzene rings is 3. The van der Waals surface area contributed by atoms with Crippen molar-refractivity contribution in [2.24, 2.45) is 28.7 Å². The third-order valence-electron chi connectivity index (χ3n) is 14.3. The SMILES string of the molecule is CC12CCC3c4ccc(O)cc4CCC3C1CCC2OC(=O)OCc1ccc(NC(=O)C(CCCCN)NC(=O)C(Cc2ccccc2)NC(=O)CCC(=O)NCCCC[C@H](NS)C(N)=O)cc1. The molecular weight excluding hydrogens is 887 g/mol. The van der Waals surface area contributed by atoms with Gasteiger partial charge in [-0.15, -0.1) is 0 Å². The molecule has 0 radical (unpaired) electrons. The Bertz CT molecular complexity index is 2200. The molecule has 0 bridgehead atoms. The Morgan fingerprint density at radius 2 is 1.54 bits per heavy atom. The van der Waals surface area contributed by atoms with E-state index < -0.39 is 47.9 Å². The highest BCUT2D eigenvalue weighted by Crippen LogP contribution is 2.61. The van der Waals surface area contributed by atoms with Gasteiger partial charge in [-0.1, -0.05) is 68.3 Å². The third kappa shape index (κ3) is 14.2. The first-order valence-electron chi connectivity index (χ1n) is 24.1. The van der Waals surface area contributed by atoms with E-state index in [1.54, 1.807) is 30.3 Å². The normalized spacial score (nSPS) is 21.6. The van der Waals surface area contributed by atoms with Gasteiger partial charge in [-0.05, 0) is 148 Å². The number of nitrogens with one attached hydrogen (secondary N) is 5. The number of nitrogens with two attached hydrogens (primary N) is 2. The highest BCUT2D eigenvalue weighted by atomic mass is 32.1. The van der Waals surface area contributed by atoms with Crippen molar-refractivity contribution in [3.63, 3.8) is 0 Å². The van der Waals surface area contributed by atoms with E-state index in [-0.39, 0.29) is 43.3 Å². The van der Waals surface area contributed by atoms with Crippen molar-refractivity contribution < 1.29 is 43.3 Å². The van der Waals surface area contributed by atoms with Gasteiger partial charge >= 0.3 is 6.16 Å². The Kier molecular flexibility index (Phi) is 19.1. The van der Waals surface area contributed by atoms with Gasteiger partial charge in [0, 0.05) is 36.9 Å².